The van der Waals surface area contributed by atoms with E-state index in [4.69, 9.17) is 17.3 Å². The third-order valence-corrected chi connectivity index (χ3v) is 6.94. The number of nitrogens with zero attached hydrogens (tertiary/aromatic N) is 4. The molecule has 0 aliphatic carbocycles. The number of nitrogen functional groups attached to an aromatic ring is 1. The summed E-state index contributed by atoms with van der Waals surface area (Å²) in [5.41, 5.74) is 5.23. The summed E-state index contributed by atoms with van der Waals surface area (Å²) in [6.45, 7) is 0. The van der Waals surface area contributed by atoms with Gasteiger partial charge in [-0.25, -0.2) is 16.8 Å². The zero-order valence-corrected chi connectivity index (χ0v) is 26.3. The zero-order chi connectivity index (χ0) is 27.1. The van der Waals surface area contributed by atoms with Crippen molar-refractivity contribution >= 4 is 71.2 Å². The summed E-state index contributed by atoms with van der Waals surface area (Å²) in [6.07, 6.45) is -1.44. The van der Waals surface area contributed by atoms with Gasteiger partial charge in [-0.1, -0.05) is 29.8 Å². The van der Waals surface area contributed by atoms with E-state index in [1.165, 1.54) is 24.3 Å². The minimum absolute atomic E-state index is 0. The first-order valence-corrected chi connectivity index (χ1v) is 12.9. The van der Waals surface area contributed by atoms with Crippen LogP contribution < -0.4 is 70.2 Å². The third-order valence-electron chi connectivity index (χ3n) is 4.83. The van der Waals surface area contributed by atoms with Gasteiger partial charge in [-0.15, -0.1) is 10.2 Å². The van der Waals surface area contributed by atoms with Crippen LogP contribution in [0.1, 0.15) is 0 Å². The molecule has 0 saturated carbocycles. The first-order chi connectivity index (χ1) is 17.3. The molecule has 12 nitrogen and oxygen atoms in total. The first kappa shape index (κ1) is 33.4. The molecule has 0 aliphatic rings. The number of aromatic nitrogens is 2. The molecule has 19 heteroatoms. The Bertz CT molecular complexity index is 1830. The molecule has 0 spiro atoms. The van der Waals surface area contributed by atoms with Crippen molar-refractivity contribution in [3.8, 4) is 0 Å². The molecule has 0 radical (unpaired) electrons. The van der Waals surface area contributed by atoms with Crippen LogP contribution in [-0.4, -0.2) is 35.9 Å². The van der Waals surface area contributed by atoms with Gasteiger partial charge < -0.3 is 20.2 Å². The maximum Gasteiger partial charge on any atom is 1.00 e. The van der Waals surface area contributed by atoms with Crippen LogP contribution in [-0.2, 0) is 20.2 Å². The maximum absolute atomic E-state index is 13.6. The van der Waals surface area contributed by atoms with Gasteiger partial charge in [-0.2, -0.15) is 18.7 Å². The minimum Gasteiger partial charge on any atom is -0.744 e. The van der Waals surface area contributed by atoms with E-state index in [1.54, 1.807) is 0 Å². The number of nitrogens with two attached hydrogens (primary N) is 1. The molecule has 192 valence electrons. The van der Waals surface area contributed by atoms with Gasteiger partial charge in [0, 0.05) is 16.5 Å². The molecule has 0 amide bonds. The molecule has 3 aromatic carbocycles. The Hall–Kier alpha value is -1.83. The van der Waals surface area contributed by atoms with Crippen molar-refractivity contribution in [2.45, 2.75) is 9.79 Å². The Kier molecular flexibility index (Phi) is 10.9. The van der Waals surface area contributed by atoms with Gasteiger partial charge in [0.05, 0.1) is 15.5 Å². The smallest absolute Gasteiger partial charge is 0.744 e. The van der Waals surface area contributed by atoms with Crippen LogP contribution in [0.25, 0.3) is 10.8 Å². The predicted molar refractivity (Wildman–Crippen MR) is 125 cm³/mol. The van der Waals surface area contributed by atoms with Crippen molar-refractivity contribution in [2.24, 2.45) is 10.2 Å². The molecular weight excluding hydrogens is 604 g/mol. The standard InChI is InChI=1S/C20H13ClF2N6O6S2.2Na/c21-16-18(22)26-20(23)27-19(16)25-9-4-7-15(37(33,34)35)13(8-9)28-29-17-11-2-1-3-14(36(30,31)32)10(11)5-6-12(17)24;;/h1-8H,24H2,(H,25,26,27)(H,30,31,32)(H,33,34,35);;/q;2*+1/p-2. The van der Waals surface area contributed by atoms with Gasteiger partial charge in [0.2, 0.25) is 5.95 Å². The molecule has 0 atom stereocenters. The van der Waals surface area contributed by atoms with Crippen LogP contribution in [0.2, 0.25) is 5.02 Å². The van der Waals surface area contributed by atoms with E-state index >= 15 is 0 Å². The van der Waals surface area contributed by atoms with E-state index in [9.17, 15) is 34.7 Å². The molecule has 4 aromatic rings. The normalized spacial score (nSPS) is 11.7. The molecule has 1 aromatic heterocycles. The average molecular weight is 615 g/mol. The van der Waals surface area contributed by atoms with Gasteiger partial charge in [0.1, 0.15) is 36.6 Å². The van der Waals surface area contributed by atoms with Gasteiger partial charge in [0.25, 0.3) is 0 Å². The Balaban J connectivity index is 0.00000267. The SMILES string of the molecule is Nc1ccc2c(S(=O)(=O)[O-])cccc2c1N=Nc1cc(Nc2nc(F)nc(F)c2Cl)ccc1S(=O)(=O)[O-].[Na+].[Na+]. The van der Waals surface area contributed by atoms with Gasteiger partial charge in [0.15, 0.2) is 5.82 Å². The minimum atomic E-state index is -5.08. The van der Waals surface area contributed by atoms with Crippen LogP contribution >= 0.6 is 11.6 Å². The molecule has 0 fully saturated rings. The van der Waals surface area contributed by atoms with Crippen LogP contribution in [0.3, 0.4) is 0 Å². The van der Waals surface area contributed by atoms with Crippen molar-refractivity contribution in [1.82, 2.24) is 9.97 Å². The number of halogens is 3. The molecule has 0 aliphatic heterocycles. The second-order valence-electron chi connectivity index (χ2n) is 7.22. The molecule has 1 heterocycles. The number of rotatable bonds is 6. The molecule has 0 bridgehead atoms. The number of benzene rings is 3. The van der Waals surface area contributed by atoms with Crippen LogP contribution in [0.15, 0.2) is 68.6 Å². The number of anilines is 3. The van der Waals surface area contributed by atoms with Crippen molar-refractivity contribution in [1.29, 1.82) is 0 Å². The fourth-order valence-corrected chi connectivity index (χ4v) is 4.68. The number of azo groups is 1. The summed E-state index contributed by atoms with van der Waals surface area (Å²) in [4.78, 5) is 4.77. The summed E-state index contributed by atoms with van der Waals surface area (Å²) in [5, 5.41) is 9.54. The number of nitrogens with one attached hydrogen (secondary N) is 1. The number of hydrogen-bond donors (Lipinski definition) is 2. The summed E-state index contributed by atoms with van der Waals surface area (Å²) in [7, 11) is -9.95. The summed E-state index contributed by atoms with van der Waals surface area (Å²) in [5.74, 6) is -1.86. The number of hydrogen-bond acceptors (Lipinski definition) is 12. The fraction of sp³-hybridized carbons (Fsp3) is 0. The van der Waals surface area contributed by atoms with E-state index in [0.29, 0.717) is 0 Å². The van der Waals surface area contributed by atoms with Crippen LogP contribution in [0, 0.1) is 12.0 Å². The monoisotopic (exact) mass is 614 g/mol. The molecule has 3 N–H and O–H groups in total. The maximum atomic E-state index is 13.6. The van der Waals surface area contributed by atoms with Crippen molar-refractivity contribution in [2.75, 3.05) is 11.1 Å². The van der Waals surface area contributed by atoms with E-state index in [1.807, 2.05) is 0 Å². The Labute approximate surface area is 269 Å². The van der Waals surface area contributed by atoms with E-state index < -0.39 is 58.6 Å². The van der Waals surface area contributed by atoms with Crippen molar-refractivity contribution < 1.29 is 93.8 Å². The topological polar surface area (TPSA) is 203 Å². The Morgan fingerprint density at radius 2 is 1.54 bits per heavy atom. The predicted octanol–water partition coefficient (Wildman–Crippen LogP) is -1.88. The zero-order valence-electron chi connectivity index (χ0n) is 19.9. The second kappa shape index (κ2) is 12.8. The fourth-order valence-electron chi connectivity index (χ4n) is 3.26. The molecule has 4 rings (SSSR count). The van der Waals surface area contributed by atoms with Gasteiger partial charge >= 0.3 is 65.2 Å². The van der Waals surface area contributed by atoms with Crippen LogP contribution in [0.4, 0.5) is 37.3 Å². The summed E-state index contributed by atoms with van der Waals surface area (Å²) < 4.78 is 97.2. The van der Waals surface area contributed by atoms with Crippen molar-refractivity contribution in [3.63, 3.8) is 0 Å². The third kappa shape index (κ3) is 7.47. The molecule has 0 unspecified atom stereocenters. The van der Waals surface area contributed by atoms with E-state index in [-0.39, 0.29) is 86.9 Å². The molecular formula is C20H11ClF2N6Na2O6S2. The van der Waals surface area contributed by atoms with E-state index in [2.05, 4.69) is 25.5 Å². The molecule has 39 heavy (non-hydrogen) atoms. The quantitative estimate of drug-likeness (QED) is 0.0618. The van der Waals surface area contributed by atoms with Gasteiger partial charge in [-0.3, -0.25) is 0 Å². The average Bonchev–Trinajstić information content (AvgIpc) is 2.80. The first-order valence-electron chi connectivity index (χ1n) is 9.70. The molecule has 0 saturated heterocycles. The number of fused-ring (bicyclic) bond motifs is 1. The van der Waals surface area contributed by atoms with Crippen LogP contribution in [0.5, 0.6) is 0 Å². The Morgan fingerprint density at radius 1 is 0.872 bits per heavy atom. The largest absolute Gasteiger partial charge is 1.00 e. The van der Waals surface area contributed by atoms with Crippen molar-refractivity contribution in [3.05, 3.63) is 65.6 Å². The van der Waals surface area contributed by atoms with E-state index in [0.717, 1.165) is 24.3 Å². The Morgan fingerprint density at radius 3 is 2.18 bits per heavy atom. The summed E-state index contributed by atoms with van der Waals surface area (Å²) in [6, 6.07) is 9.24. The second-order valence-corrected chi connectivity index (χ2v) is 10.3. The van der Waals surface area contributed by atoms with Gasteiger partial charge in [-0.05, 0) is 30.3 Å². The summed E-state index contributed by atoms with van der Waals surface area (Å²) >= 11 is 5.72.